The third-order valence-corrected chi connectivity index (χ3v) is 5.19. The van der Waals surface area contributed by atoms with E-state index in [0.29, 0.717) is 5.69 Å². The van der Waals surface area contributed by atoms with E-state index >= 15 is 0 Å². The summed E-state index contributed by atoms with van der Waals surface area (Å²) in [7, 11) is 1.62. The number of hydrogen-bond donors (Lipinski definition) is 2. The van der Waals surface area contributed by atoms with Gasteiger partial charge in [-0.2, -0.15) is 0 Å². The molecular formula is C26H23N3O4. The zero-order valence-corrected chi connectivity index (χ0v) is 18.3. The SMILES string of the molecule is COc1cccc(-c2ccc(C=C3NC(=O)N(CC(=O)Nc4cccc(C)c4)C3=O)cc2)c1. The molecule has 0 saturated carbocycles. The number of anilines is 1. The van der Waals surface area contributed by atoms with Crippen molar-refractivity contribution in [3.05, 3.63) is 89.6 Å². The van der Waals surface area contributed by atoms with Crippen molar-refractivity contribution in [3.63, 3.8) is 0 Å². The van der Waals surface area contributed by atoms with Crippen molar-refractivity contribution in [3.8, 4) is 16.9 Å². The first-order valence-corrected chi connectivity index (χ1v) is 10.4. The van der Waals surface area contributed by atoms with Gasteiger partial charge in [0.25, 0.3) is 5.91 Å². The van der Waals surface area contributed by atoms with Gasteiger partial charge in [-0.25, -0.2) is 9.69 Å². The molecule has 1 aliphatic rings. The molecule has 0 unspecified atom stereocenters. The minimum absolute atomic E-state index is 0.123. The third-order valence-electron chi connectivity index (χ3n) is 5.19. The lowest BCUT2D eigenvalue weighted by Crippen LogP contribution is -2.38. The number of rotatable bonds is 6. The average Bonchev–Trinajstić information content (AvgIpc) is 3.07. The molecule has 3 aromatic carbocycles. The molecule has 7 heteroatoms. The van der Waals surface area contributed by atoms with Crippen LogP contribution in [0.3, 0.4) is 0 Å². The van der Waals surface area contributed by atoms with Crippen molar-refractivity contribution in [2.24, 2.45) is 0 Å². The lowest BCUT2D eigenvalue weighted by Gasteiger charge is -2.12. The zero-order valence-electron chi connectivity index (χ0n) is 18.3. The molecule has 0 aliphatic carbocycles. The zero-order chi connectivity index (χ0) is 23.4. The van der Waals surface area contributed by atoms with Crippen LogP contribution in [0.5, 0.6) is 5.75 Å². The second kappa shape index (κ2) is 9.40. The van der Waals surface area contributed by atoms with Crippen LogP contribution in [-0.4, -0.2) is 36.4 Å². The molecule has 3 aromatic rings. The van der Waals surface area contributed by atoms with Crippen molar-refractivity contribution in [1.82, 2.24) is 10.2 Å². The second-order valence-corrected chi connectivity index (χ2v) is 7.65. The number of methoxy groups -OCH3 is 1. The van der Waals surface area contributed by atoms with Crippen LogP contribution in [0, 0.1) is 6.92 Å². The number of aryl methyl sites for hydroxylation is 1. The minimum atomic E-state index is -0.626. The molecule has 0 atom stereocenters. The van der Waals surface area contributed by atoms with Crippen molar-refractivity contribution in [2.45, 2.75) is 6.92 Å². The van der Waals surface area contributed by atoms with Gasteiger partial charge in [0.2, 0.25) is 5.91 Å². The van der Waals surface area contributed by atoms with Crippen molar-refractivity contribution in [2.75, 3.05) is 19.0 Å². The van der Waals surface area contributed by atoms with Crippen LogP contribution in [0.1, 0.15) is 11.1 Å². The van der Waals surface area contributed by atoms with E-state index in [2.05, 4.69) is 10.6 Å². The van der Waals surface area contributed by atoms with E-state index in [-0.39, 0.29) is 12.2 Å². The van der Waals surface area contributed by atoms with Crippen molar-refractivity contribution in [1.29, 1.82) is 0 Å². The monoisotopic (exact) mass is 441 g/mol. The predicted octanol–water partition coefficient (Wildman–Crippen LogP) is 4.20. The molecule has 0 radical (unpaired) electrons. The van der Waals surface area contributed by atoms with Crippen LogP contribution in [0.4, 0.5) is 10.5 Å². The van der Waals surface area contributed by atoms with Crippen LogP contribution >= 0.6 is 0 Å². The molecule has 1 aliphatic heterocycles. The molecular weight excluding hydrogens is 418 g/mol. The Kier molecular flexibility index (Phi) is 6.22. The number of carbonyl (C=O) groups excluding carboxylic acids is 3. The summed E-state index contributed by atoms with van der Waals surface area (Å²) in [5.74, 6) is -0.228. The highest BCUT2D eigenvalue weighted by molar-refractivity contribution is 6.15. The number of hydrogen-bond acceptors (Lipinski definition) is 4. The Bertz CT molecular complexity index is 1250. The van der Waals surface area contributed by atoms with Gasteiger partial charge in [-0.05, 0) is 59.5 Å². The summed E-state index contributed by atoms with van der Waals surface area (Å²) in [5, 5.41) is 5.25. The smallest absolute Gasteiger partial charge is 0.329 e. The van der Waals surface area contributed by atoms with Gasteiger partial charge in [-0.3, -0.25) is 9.59 Å². The fourth-order valence-corrected chi connectivity index (χ4v) is 3.52. The second-order valence-electron chi connectivity index (χ2n) is 7.65. The normalized spacial score (nSPS) is 14.4. The Labute approximate surface area is 191 Å². The highest BCUT2D eigenvalue weighted by Crippen LogP contribution is 2.25. The maximum absolute atomic E-state index is 12.7. The predicted molar refractivity (Wildman–Crippen MR) is 126 cm³/mol. The van der Waals surface area contributed by atoms with E-state index in [1.165, 1.54) is 0 Å². The number of benzene rings is 3. The number of urea groups is 1. The van der Waals surface area contributed by atoms with E-state index in [4.69, 9.17) is 4.74 Å². The van der Waals surface area contributed by atoms with E-state index < -0.39 is 17.8 Å². The molecule has 166 valence electrons. The van der Waals surface area contributed by atoms with Gasteiger partial charge in [-0.15, -0.1) is 0 Å². The van der Waals surface area contributed by atoms with Crippen molar-refractivity contribution >= 4 is 29.6 Å². The van der Waals surface area contributed by atoms with Crippen molar-refractivity contribution < 1.29 is 19.1 Å². The first kappa shape index (κ1) is 21.8. The van der Waals surface area contributed by atoms with E-state index in [0.717, 1.165) is 32.9 Å². The Morgan fingerprint density at radius 2 is 1.76 bits per heavy atom. The van der Waals surface area contributed by atoms with Gasteiger partial charge in [0.15, 0.2) is 0 Å². The topological polar surface area (TPSA) is 87.7 Å². The summed E-state index contributed by atoms with van der Waals surface area (Å²) in [6.45, 7) is 1.54. The van der Waals surface area contributed by atoms with Crippen LogP contribution < -0.4 is 15.4 Å². The Hall–Kier alpha value is -4.39. The summed E-state index contributed by atoms with van der Waals surface area (Å²) in [6.07, 6.45) is 1.59. The summed E-state index contributed by atoms with van der Waals surface area (Å²) in [5.41, 5.74) is 4.47. The van der Waals surface area contributed by atoms with Gasteiger partial charge in [0, 0.05) is 5.69 Å². The van der Waals surface area contributed by atoms with Gasteiger partial charge in [0.05, 0.1) is 7.11 Å². The Balaban J connectivity index is 1.44. The van der Waals surface area contributed by atoms with E-state index in [9.17, 15) is 14.4 Å². The molecule has 1 saturated heterocycles. The average molecular weight is 441 g/mol. The van der Waals surface area contributed by atoms with Crippen LogP contribution in [-0.2, 0) is 9.59 Å². The highest BCUT2D eigenvalue weighted by Gasteiger charge is 2.34. The Morgan fingerprint density at radius 3 is 2.48 bits per heavy atom. The number of nitrogens with zero attached hydrogens (tertiary/aromatic N) is 1. The van der Waals surface area contributed by atoms with Gasteiger partial charge < -0.3 is 15.4 Å². The molecule has 4 amide bonds. The Morgan fingerprint density at radius 1 is 1.00 bits per heavy atom. The van der Waals surface area contributed by atoms with Crippen LogP contribution in [0.2, 0.25) is 0 Å². The lowest BCUT2D eigenvalue weighted by atomic mass is 10.0. The molecule has 0 aromatic heterocycles. The molecule has 33 heavy (non-hydrogen) atoms. The minimum Gasteiger partial charge on any atom is -0.497 e. The standard InChI is InChI=1S/C26H23N3O4/c1-17-5-3-7-21(13-17)27-24(30)16-29-25(31)23(28-26(29)32)14-18-9-11-19(12-10-18)20-6-4-8-22(15-20)33-2/h3-15H,16H2,1-2H3,(H,27,30)(H,28,32). The first-order valence-electron chi connectivity index (χ1n) is 10.4. The van der Waals surface area contributed by atoms with Crippen LogP contribution in [0.15, 0.2) is 78.5 Å². The molecule has 0 bridgehead atoms. The summed E-state index contributed by atoms with van der Waals surface area (Å²) in [4.78, 5) is 38.2. The number of amides is 4. The number of imide groups is 1. The first-order chi connectivity index (χ1) is 15.9. The molecule has 2 N–H and O–H groups in total. The number of ether oxygens (including phenoxy) is 1. The van der Waals surface area contributed by atoms with E-state index in [1.54, 1.807) is 19.3 Å². The van der Waals surface area contributed by atoms with Gasteiger partial charge in [-0.1, -0.05) is 48.5 Å². The number of nitrogens with one attached hydrogen (secondary N) is 2. The van der Waals surface area contributed by atoms with Crippen LogP contribution in [0.25, 0.3) is 17.2 Å². The summed E-state index contributed by atoms with van der Waals surface area (Å²) >= 11 is 0. The fourth-order valence-electron chi connectivity index (χ4n) is 3.52. The lowest BCUT2D eigenvalue weighted by molar-refractivity contribution is -0.127. The summed E-state index contributed by atoms with van der Waals surface area (Å²) < 4.78 is 5.27. The quantitative estimate of drug-likeness (QED) is 0.443. The maximum atomic E-state index is 12.7. The molecule has 4 rings (SSSR count). The largest absolute Gasteiger partial charge is 0.497 e. The van der Waals surface area contributed by atoms with Gasteiger partial charge in [0.1, 0.15) is 18.0 Å². The van der Waals surface area contributed by atoms with E-state index in [1.807, 2.05) is 73.7 Å². The highest BCUT2D eigenvalue weighted by atomic mass is 16.5. The molecule has 1 heterocycles. The van der Waals surface area contributed by atoms with Gasteiger partial charge >= 0.3 is 6.03 Å². The number of carbonyl (C=O) groups is 3. The molecule has 7 nitrogen and oxygen atoms in total. The maximum Gasteiger partial charge on any atom is 0.329 e. The summed E-state index contributed by atoms with van der Waals surface area (Å²) in [6, 6.07) is 21.9. The molecule has 1 fully saturated rings. The fraction of sp³-hybridized carbons (Fsp3) is 0.115. The third kappa shape index (κ3) is 5.10. The molecule has 0 spiro atoms.